The maximum Gasteiger partial charge on any atom is 0.128 e. The summed E-state index contributed by atoms with van der Waals surface area (Å²) < 4.78 is 0. The largest absolute Gasteiger partial charge is 0.357 e. The molecule has 0 radical (unpaired) electrons. The molecule has 0 unspecified atom stereocenters. The van der Waals surface area contributed by atoms with E-state index in [-0.39, 0.29) is 0 Å². The Balaban J connectivity index is 1.54. The Morgan fingerprint density at radius 2 is 1.80 bits per heavy atom. The lowest BCUT2D eigenvalue weighted by Gasteiger charge is -2.40. The van der Waals surface area contributed by atoms with Crippen molar-refractivity contribution in [1.82, 2.24) is 9.88 Å². The Kier molecular flexibility index (Phi) is 4.79. The molecule has 1 aromatic rings. The summed E-state index contributed by atoms with van der Waals surface area (Å²) in [6.45, 7) is 4.89. The molecular weight excluding hydrogens is 270 g/mol. The predicted octanol–water partition coefficient (Wildman–Crippen LogP) is 3.28. The number of nitrogens with zero attached hydrogens (tertiary/aromatic N) is 3. The molecule has 3 nitrogen and oxygen atoms in total. The van der Waals surface area contributed by atoms with E-state index >= 15 is 0 Å². The molecule has 3 rings (SSSR count). The molecule has 0 aromatic carbocycles. The Hall–Kier alpha value is -0.800. The summed E-state index contributed by atoms with van der Waals surface area (Å²) in [5.74, 6) is 1.65. The second-order valence-corrected chi connectivity index (χ2v) is 6.24. The van der Waals surface area contributed by atoms with E-state index < -0.39 is 0 Å². The molecule has 0 aliphatic carbocycles. The second kappa shape index (κ2) is 6.77. The lowest BCUT2D eigenvalue weighted by Crippen LogP contribution is -2.46. The van der Waals surface area contributed by atoms with Crippen LogP contribution < -0.4 is 4.90 Å². The zero-order valence-corrected chi connectivity index (χ0v) is 12.9. The first kappa shape index (κ1) is 14.2. The minimum absolute atomic E-state index is 0.546. The Morgan fingerprint density at radius 3 is 2.40 bits per heavy atom. The zero-order chi connectivity index (χ0) is 13.8. The summed E-state index contributed by atoms with van der Waals surface area (Å²) in [6, 6.07) is 5.00. The van der Waals surface area contributed by atoms with Gasteiger partial charge >= 0.3 is 0 Å². The molecule has 0 bridgehead atoms. The number of hydrogen-bond acceptors (Lipinski definition) is 3. The molecule has 0 N–H and O–H groups in total. The van der Waals surface area contributed by atoms with Crippen LogP contribution in [0.5, 0.6) is 0 Å². The molecule has 1 aromatic heterocycles. The number of aromatic nitrogens is 1. The van der Waals surface area contributed by atoms with Crippen molar-refractivity contribution >= 4 is 17.4 Å². The van der Waals surface area contributed by atoms with Gasteiger partial charge in [-0.25, -0.2) is 4.98 Å². The van der Waals surface area contributed by atoms with Gasteiger partial charge in [0.1, 0.15) is 5.82 Å². The van der Waals surface area contributed by atoms with Crippen molar-refractivity contribution in [3.63, 3.8) is 0 Å². The van der Waals surface area contributed by atoms with E-state index in [0.29, 0.717) is 5.88 Å². The topological polar surface area (TPSA) is 19.4 Å². The molecular formula is C16H24ClN3. The number of halogens is 1. The third-order valence-electron chi connectivity index (χ3n) is 4.66. The average molecular weight is 294 g/mol. The molecule has 110 valence electrons. The molecule has 0 amide bonds. The maximum atomic E-state index is 5.81. The van der Waals surface area contributed by atoms with Crippen molar-refractivity contribution in [1.29, 1.82) is 0 Å². The first-order valence-electron chi connectivity index (χ1n) is 7.87. The lowest BCUT2D eigenvalue weighted by atomic mass is 10.00. The number of likely N-dealkylation sites (tertiary alicyclic amines) is 1. The van der Waals surface area contributed by atoms with Crippen molar-refractivity contribution in [3.8, 4) is 0 Å². The fraction of sp³-hybridized carbons (Fsp3) is 0.688. The lowest BCUT2D eigenvalue weighted by molar-refractivity contribution is 0.141. The van der Waals surface area contributed by atoms with Crippen LogP contribution in [0.4, 0.5) is 5.82 Å². The molecule has 2 aliphatic rings. The number of piperidine rings is 2. The van der Waals surface area contributed by atoms with Gasteiger partial charge in [-0.2, -0.15) is 0 Å². The molecule has 0 atom stereocenters. The van der Waals surface area contributed by atoms with Crippen LogP contribution in [0, 0.1) is 0 Å². The van der Waals surface area contributed by atoms with Crippen molar-refractivity contribution in [2.24, 2.45) is 0 Å². The third-order valence-corrected chi connectivity index (χ3v) is 4.97. The zero-order valence-electron chi connectivity index (χ0n) is 12.1. The van der Waals surface area contributed by atoms with Crippen LogP contribution in [-0.2, 0) is 5.88 Å². The van der Waals surface area contributed by atoms with E-state index in [4.69, 9.17) is 11.6 Å². The van der Waals surface area contributed by atoms with Crippen molar-refractivity contribution in [3.05, 3.63) is 23.9 Å². The Labute approximate surface area is 126 Å². The molecule has 20 heavy (non-hydrogen) atoms. The van der Waals surface area contributed by atoms with Crippen molar-refractivity contribution < 1.29 is 0 Å². The highest BCUT2D eigenvalue weighted by Gasteiger charge is 2.25. The highest BCUT2D eigenvalue weighted by Crippen LogP contribution is 2.23. The van der Waals surface area contributed by atoms with Crippen molar-refractivity contribution in [2.75, 3.05) is 31.1 Å². The first-order valence-corrected chi connectivity index (χ1v) is 8.40. The van der Waals surface area contributed by atoms with Gasteiger partial charge in [-0.05, 0) is 50.4 Å². The van der Waals surface area contributed by atoms with Gasteiger partial charge in [-0.1, -0.05) is 12.5 Å². The summed E-state index contributed by atoms with van der Waals surface area (Å²) in [6.07, 6.45) is 8.66. The van der Waals surface area contributed by atoms with Crippen molar-refractivity contribution in [2.45, 2.75) is 44.0 Å². The van der Waals surface area contributed by atoms with E-state index in [1.54, 1.807) is 0 Å². The maximum absolute atomic E-state index is 5.81. The van der Waals surface area contributed by atoms with Gasteiger partial charge in [-0.3, -0.25) is 0 Å². The molecule has 2 aliphatic heterocycles. The summed E-state index contributed by atoms with van der Waals surface area (Å²) in [5, 5.41) is 0. The van der Waals surface area contributed by atoms with Crippen LogP contribution in [0.2, 0.25) is 0 Å². The quantitative estimate of drug-likeness (QED) is 0.797. The monoisotopic (exact) mass is 293 g/mol. The van der Waals surface area contributed by atoms with Crippen LogP contribution in [0.25, 0.3) is 0 Å². The average Bonchev–Trinajstić information content (AvgIpc) is 2.56. The molecule has 2 saturated heterocycles. The van der Waals surface area contributed by atoms with Gasteiger partial charge < -0.3 is 9.80 Å². The summed E-state index contributed by atoms with van der Waals surface area (Å²) >= 11 is 5.81. The number of hydrogen-bond donors (Lipinski definition) is 0. The highest BCUT2D eigenvalue weighted by molar-refractivity contribution is 6.17. The van der Waals surface area contributed by atoms with Crippen LogP contribution in [0.1, 0.15) is 37.7 Å². The van der Waals surface area contributed by atoms with E-state index in [9.17, 15) is 0 Å². The smallest absolute Gasteiger partial charge is 0.128 e. The van der Waals surface area contributed by atoms with Crippen LogP contribution in [0.3, 0.4) is 0 Å². The van der Waals surface area contributed by atoms with E-state index in [2.05, 4.69) is 26.9 Å². The van der Waals surface area contributed by atoms with E-state index in [1.165, 1.54) is 45.2 Å². The molecule has 2 fully saturated rings. The summed E-state index contributed by atoms with van der Waals surface area (Å²) in [7, 11) is 0. The number of pyridine rings is 1. The minimum atomic E-state index is 0.546. The Morgan fingerprint density at radius 1 is 1.05 bits per heavy atom. The molecule has 0 spiro atoms. The van der Waals surface area contributed by atoms with Crippen LogP contribution in [-0.4, -0.2) is 42.1 Å². The van der Waals surface area contributed by atoms with Gasteiger partial charge in [0.15, 0.2) is 0 Å². The molecule has 0 saturated carbocycles. The van der Waals surface area contributed by atoms with Gasteiger partial charge in [0, 0.05) is 31.2 Å². The molecule has 4 heteroatoms. The summed E-state index contributed by atoms with van der Waals surface area (Å²) in [5.41, 5.74) is 1.10. The van der Waals surface area contributed by atoms with Crippen LogP contribution in [0.15, 0.2) is 18.3 Å². The third kappa shape index (κ3) is 3.26. The standard InChI is InChI=1S/C16H24ClN3/c17-12-14-4-5-16(18-13-14)20-10-6-15(7-11-20)19-8-2-1-3-9-19/h4-5,13,15H,1-3,6-12H2. The first-order chi connectivity index (χ1) is 9.86. The molecule has 3 heterocycles. The summed E-state index contributed by atoms with van der Waals surface area (Å²) in [4.78, 5) is 9.67. The normalized spacial score (nSPS) is 22.1. The Bertz CT molecular complexity index is 406. The number of anilines is 1. The highest BCUT2D eigenvalue weighted by atomic mass is 35.5. The number of alkyl halides is 1. The SMILES string of the molecule is ClCc1ccc(N2CCC(N3CCCCC3)CC2)nc1. The number of rotatable bonds is 3. The van der Waals surface area contributed by atoms with Gasteiger partial charge in [0.2, 0.25) is 0 Å². The predicted molar refractivity (Wildman–Crippen MR) is 84.5 cm³/mol. The van der Waals surface area contributed by atoms with Gasteiger partial charge in [0.05, 0.1) is 0 Å². The second-order valence-electron chi connectivity index (χ2n) is 5.97. The van der Waals surface area contributed by atoms with Gasteiger partial charge in [0.25, 0.3) is 0 Å². The van der Waals surface area contributed by atoms with E-state index in [0.717, 1.165) is 30.5 Å². The van der Waals surface area contributed by atoms with E-state index in [1.807, 2.05) is 6.20 Å². The van der Waals surface area contributed by atoms with Gasteiger partial charge in [-0.15, -0.1) is 11.6 Å². The fourth-order valence-corrected chi connectivity index (χ4v) is 3.58. The minimum Gasteiger partial charge on any atom is -0.357 e. The fourth-order valence-electron chi connectivity index (χ4n) is 3.43. The van der Waals surface area contributed by atoms with Crippen LogP contribution >= 0.6 is 11.6 Å².